The third-order valence-electron chi connectivity index (χ3n) is 2.58. The molecule has 2 heterocycles. The number of nitrogens with two attached hydrogens (primary N) is 1. The number of anilines is 1. The van der Waals surface area contributed by atoms with Crippen molar-refractivity contribution in [2.45, 2.75) is 31.2 Å². The minimum absolute atomic E-state index is 0.0744. The standard InChI is InChI=1S/C10H17N5O2S/c1-6-3-15(4-7(2)17-6)8(16)5-18-10-12-9(11)13-14-10/h6-7H,3-5H2,1-2H3,(H3,11,12,13,14)/t6-,7-/m0/s1. The first kappa shape index (κ1) is 13.2. The number of aromatic amines is 1. The Hall–Kier alpha value is -1.28. The van der Waals surface area contributed by atoms with Gasteiger partial charge in [0.1, 0.15) is 0 Å². The first-order valence-electron chi connectivity index (χ1n) is 5.78. The Balaban J connectivity index is 1.84. The van der Waals surface area contributed by atoms with E-state index in [9.17, 15) is 4.79 Å². The van der Waals surface area contributed by atoms with E-state index in [1.54, 1.807) is 0 Å². The molecule has 0 aliphatic carbocycles. The Bertz CT molecular complexity index is 414. The number of carbonyl (C=O) groups excluding carboxylic acids is 1. The molecule has 18 heavy (non-hydrogen) atoms. The Labute approximate surface area is 109 Å². The molecule has 1 saturated heterocycles. The van der Waals surface area contributed by atoms with Crippen molar-refractivity contribution in [3.63, 3.8) is 0 Å². The van der Waals surface area contributed by atoms with E-state index in [0.717, 1.165) is 0 Å². The van der Waals surface area contributed by atoms with E-state index >= 15 is 0 Å². The highest BCUT2D eigenvalue weighted by atomic mass is 32.2. The van der Waals surface area contributed by atoms with Gasteiger partial charge in [-0.15, -0.1) is 5.10 Å². The van der Waals surface area contributed by atoms with Gasteiger partial charge in [0.25, 0.3) is 0 Å². The third kappa shape index (κ3) is 3.36. The SMILES string of the molecule is C[C@H]1CN(C(=O)CSc2n[nH]c(N)n2)C[C@H](C)O1. The lowest BCUT2D eigenvalue weighted by Gasteiger charge is -2.35. The molecule has 0 radical (unpaired) electrons. The fourth-order valence-corrected chi connectivity index (χ4v) is 2.63. The number of thioether (sulfide) groups is 1. The van der Waals surface area contributed by atoms with Gasteiger partial charge in [-0.05, 0) is 13.8 Å². The minimum atomic E-state index is 0.0744. The maximum absolute atomic E-state index is 12.0. The number of nitrogens with one attached hydrogen (secondary N) is 1. The van der Waals surface area contributed by atoms with Crippen LogP contribution < -0.4 is 5.73 Å². The maximum atomic E-state index is 12.0. The van der Waals surface area contributed by atoms with Crippen LogP contribution in [0.1, 0.15) is 13.8 Å². The molecular weight excluding hydrogens is 254 g/mol. The van der Waals surface area contributed by atoms with E-state index in [0.29, 0.717) is 24.0 Å². The molecule has 2 atom stereocenters. The van der Waals surface area contributed by atoms with E-state index in [4.69, 9.17) is 10.5 Å². The number of ether oxygens (including phenoxy) is 1. The van der Waals surface area contributed by atoms with Gasteiger partial charge in [-0.1, -0.05) is 11.8 Å². The Morgan fingerprint density at radius 3 is 2.78 bits per heavy atom. The molecule has 0 spiro atoms. The highest BCUT2D eigenvalue weighted by Crippen LogP contribution is 2.16. The van der Waals surface area contributed by atoms with Gasteiger partial charge in [-0.2, -0.15) is 4.98 Å². The first-order valence-corrected chi connectivity index (χ1v) is 6.77. The summed E-state index contributed by atoms with van der Waals surface area (Å²) in [5.74, 6) is 0.653. The van der Waals surface area contributed by atoms with Crippen molar-refractivity contribution in [2.75, 3.05) is 24.6 Å². The van der Waals surface area contributed by atoms with Gasteiger partial charge in [-0.25, -0.2) is 5.10 Å². The topological polar surface area (TPSA) is 97.1 Å². The third-order valence-corrected chi connectivity index (χ3v) is 3.41. The molecule has 0 saturated carbocycles. The number of morpholine rings is 1. The fraction of sp³-hybridized carbons (Fsp3) is 0.700. The molecule has 7 nitrogen and oxygen atoms in total. The number of nitrogen functional groups attached to an aromatic ring is 1. The van der Waals surface area contributed by atoms with Gasteiger partial charge < -0.3 is 15.4 Å². The van der Waals surface area contributed by atoms with Crippen LogP contribution in [0.5, 0.6) is 0 Å². The average molecular weight is 271 g/mol. The number of H-pyrrole nitrogens is 1. The van der Waals surface area contributed by atoms with Gasteiger partial charge in [0.2, 0.25) is 17.0 Å². The Morgan fingerprint density at radius 1 is 1.56 bits per heavy atom. The van der Waals surface area contributed by atoms with E-state index in [-0.39, 0.29) is 24.1 Å². The zero-order chi connectivity index (χ0) is 13.1. The van der Waals surface area contributed by atoms with Crippen LogP contribution >= 0.6 is 11.8 Å². The summed E-state index contributed by atoms with van der Waals surface area (Å²) in [6, 6.07) is 0. The number of rotatable bonds is 3. The number of carbonyl (C=O) groups is 1. The number of hydrogen-bond acceptors (Lipinski definition) is 6. The summed E-state index contributed by atoms with van der Waals surface area (Å²) < 4.78 is 5.59. The smallest absolute Gasteiger partial charge is 0.233 e. The van der Waals surface area contributed by atoms with Crippen molar-refractivity contribution in [1.29, 1.82) is 0 Å². The van der Waals surface area contributed by atoms with Crippen LogP contribution in [-0.4, -0.2) is 57.0 Å². The number of amides is 1. The molecule has 8 heteroatoms. The molecule has 3 N–H and O–H groups in total. The van der Waals surface area contributed by atoms with E-state index in [1.807, 2.05) is 18.7 Å². The molecule has 0 unspecified atom stereocenters. The van der Waals surface area contributed by atoms with Gasteiger partial charge in [-0.3, -0.25) is 4.79 Å². The van der Waals surface area contributed by atoms with Gasteiger partial charge in [0.05, 0.1) is 18.0 Å². The highest BCUT2D eigenvalue weighted by molar-refractivity contribution is 7.99. The predicted molar refractivity (Wildman–Crippen MR) is 68.1 cm³/mol. The highest BCUT2D eigenvalue weighted by Gasteiger charge is 2.25. The lowest BCUT2D eigenvalue weighted by molar-refractivity contribution is -0.140. The Morgan fingerprint density at radius 2 is 2.22 bits per heavy atom. The molecule has 0 bridgehead atoms. The van der Waals surface area contributed by atoms with Crippen LogP contribution in [0.4, 0.5) is 5.95 Å². The van der Waals surface area contributed by atoms with Crippen LogP contribution in [0.2, 0.25) is 0 Å². The van der Waals surface area contributed by atoms with Crippen LogP contribution in [-0.2, 0) is 9.53 Å². The van der Waals surface area contributed by atoms with E-state index in [2.05, 4.69) is 15.2 Å². The predicted octanol–water partition coefficient (Wildman–Crippen LogP) is 0.115. The minimum Gasteiger partial charge on any atom is -0.372 e. The van der Waals surface area contributed by atoms with Crippen LogP contribution in [0.25, 0.3) is 0 Å². The molecule has 2 rings (SSSR count). The maximum Gasteiger partial charge on any atom is 0.233 e. The molecule has 100 valence electrons. The van der Waals surface area contributed by atoms with Crippen molar-refractivity contribution in [3.8, 4) is 0 Å². The molecule has 1 amide bonds. The quantitative estimate of drug-likeness (QED) is 0.758. The van der Waals surface area contributed by atoms with Crippen LogP contribution in [0.15, 0.2) is 5.16 Å². The normalized spacial score (nSPS) is 24.2. The van der Waals surface area contributed by atoms with Crippen LogP contribution in [0, 0.1) is 0 Å². The van der Waals surface area contributed by atoms with Crippen molar-refractivity contribution in [1.82, 2.24) is 20.1 Å². The summed E-state index contributed by atoms with van der Waals surface area (Å²) in [7, 11) is 0. The van der Waals surface area contributed by atoms with Crippen molar-refractivity contribution >= 4 is 23.6 Å². The van der Waals surface area contributed by atoms with Gasteiger partial charge in [0, 0.05) is 13.1 Å². The molecule has 1 aromatic rings. The molecule has 0 aromatic carbocycles. The van der Waals surface area contributed by atoms with Gasteiger partial charge in [0.15, 0.2) is 0 Å². The zero-order valence-corrected chi connectivity index (χ0v) is 11.2. The lowest BCUT2D eigenvalue weighted by atomic mass is 10.2. The summed E-state index contributed by atoms with van der Waals surface area (Å²) in [6.07, 6.45) is 0.170. The van der Waals surface area contributed by atoms with E-state index in [1.165, 1.54) is 11.8 Å². The lowest BCUT2D eigenvalue weighted by Crippen LogP contribution is -2.48. The largest absolute Gasteiger partial charge is 0.372 e. The summed E-state index contributed by atoms with van der Waals surface area (Å²) in [6.45, 7) is 5.22. The number of aromatic nitrogens is 3. The second kappa shape index (κ2) is 5.57. The summed E-state index contributed by atoms with van der Waals surface area (Å²) in [5.41, 5.74) is 5.41. The molecule has 1 aliphatic heterocycles. The summed E-state index contributed by atoms with van der Waals surface area (Å²) in [4.78, 5) is 17.8. The van der Waals surface area contributed by atoms with E-state index < -0.39 is 0 Å². The zero-order valence-electron chi connectivity index (χ0n) is 10.4. The number of nitrogens with zero attached hydrogens (tertiary/aromatic N) is 3. The number of hydrogen-bond donors (Lipinski definition) is 2. The molecule has 1 aromatic heterocycles. The average Bonchev–Trinajstić information content (AvgIpc) is 2.70. The molecular formula is C10H17N5O2S. The molecule has 1 aliphatic rings. The first-order chi connectivity index (χ1) is 8.54. The Kier molecular flexibility index (Phi) is 4.07. The second-order valence-electron chi connectivity index (χ2n) is 4.35. The van der Waals surface area contributed by atoms with Crippen molar-refractivity contribution < 1.29 is 9.53 Å². The van der Waals surface area contributed by atoms with Crippen LogP contribution in [0.3, 0.4) is 0 Å². The monoisotopic (exact) mass is 271 g/mol. The summed E-state index contributed by atoms with van der Waals surface area (Å²) >= 11 is 1.28. The van der Waals surface area contributed by atoms with Crippen molar-refractivity contribution in [3.05, 3.63) is 0 Å². The fourth-order valence-electron chi connectivity index (χ4n) is 1.92. The second-order valence-corrected chi connectivity index (χ2v) is 5.29. The van der Waals surface area contributed by atoms with Crippen molar-refractivity contribution in [2.24, 2.45) is 0 Å². The molecule has 1 fully saturated rings. The van der Waals surface area contributed by atoms with Gasteiger partial charge >= 0.3 is 0 Å². The summed E-state index contributed by atoms with van der Waals surface area (Å²) in [5, 5.41) is 6.90.